The van der Waals surface area contributed by atoms with Crippen LogP contribution in [0.1, 0.15) is 19.8 Å². The number of hydrogen-bond donors (Lipinski definition) is 2. The maximum atomic E-state index is 13.5. The molecule has 0 amide bonds. The lowest BCUT2D eigenvalue weighted by molar-refractivity contribution is 0.289. The Hall–Kier alpha value is -1.34. The van der Waals surface area contributed by atoms with Crippen LogP contribution in [0.3, 0.4) is 0 Å². The molecule has 1 fully saturated rings. The Balaban J connectivity index is 2.12. The molecular formula is C12H17FN2O3S. The van der Waals surface area contributed by atoms with Gasteiger partial charge in [-0.1, -0.05) is 6.92 Å². The van der Waals surface area contributed by atoms with Crippen molar-refractivity contribution in [2.24, 2.45) is 5.92 Å². The Labute approximate surface area is 112 Å². The summed E-state index contributed by atoms with van der Waals surface area (Å²) < 4.78 is 41.2. The first kappa shape index (κ1) is 14.1. The highest BCUT2D eigenvalue weighted by Gasteiger charge is 2.26. The Morgan fingerprint density at radius 1 is 1.37 bits per heavy atom. The maximum Gasteiger partial charge on any atom is 0.301 e. The minimum absolute atomic E-state index is 0.156. The lowest BCUT2D eigenvalue weighted by Crippen LogP contribution is -2.41. The van der Waals surface area contributed by atoms with Gasteiger partial charge in [-0.3, -0.25) is 4.72 Å². The number of nitrogens with zero attached hydrogens (tertiary/aromatic N) is 1. The van der Waals surface area contributed by atoms with Gasteiger partial charge in [0.2, 0.25) is 0 Å². The van der Waals surface area contributed by atoms with E-state index in [4.69, 9.17) is 5.11 Å². The van der Waals surface area contributed by atoms with Crippen LogP contribution in [-0.2, 0) is 10.2 Å². The molecule has 7 heteroatoms. The molecule has 1 aliphatic rings. The van der Waals surface area contributed by atoms with Crippen LogP contribution < -0.4 is 4.72 Å². The molecule has 5 nitrogen and oxygen atoms in total. The lowest BCUT2D eigenvalue weighted by Gasteiger charge is -2.29. The first-order chi connectivity index (χ1) is 8.88. The van der Waals surface area contributed by atoms with Gasteiger partial charge in [0.1, 0.15) is 5.75 Å². The molecule has 1 heterocycles. The van der Waals surface area contributed by atoms with Crippen LogP contribution in [0.15, 0.2) is 18.2 Å². The van der Waals surface area contributed by atoms with E-state index in [9.17, 15) is 12.8 Å². The van der Waals surface area contributed by atoms with Crippen molar-refractivity contribution in [2.75, 3.05) is 17.8 Å². The normalized spacial score (nSPS) is 18.4. The Bertz CT molecular complexity index is 554. The van der Waals surface area contributed by atoms with Crippen LogP contribution in [0, 0.1) is 11.7 Å². The molecule has 0 atom stereocenters. The van der Waals surface area contributed by atoms with Crippen molar-refractivity contribution in [3.05, 3.63) is 24.0 Å². The number of piperidine rings is 1. The third-order valence-electron chi connectivity index (χ3n) is 3.27. The zero-order valence-corrected chi connectivity index (χ0v) is 11.5. The van der Waals surface area contributed by atoms with E-state index in [0.29, 0.717) is 19.0 Å². The number of benzene rings is 1. The highest BCUT2D eigenvalue weighted by atomic mass is 32.2. The molecule has 0 aromatic heterocycles. The number of halogens is 1. The second-order valence-electron chi connectivity index (χ2n) is 4.85. The number of aromatic hydroxyl groups is 1. The first-order valence-corrected chi connectivity index (χ1v) is 7.59. The number of nitrogens with one attached hydrogen (secondary N) is 1. The third kappa shape index (κ3) is 3.36. The van der Waals surface area contributed by atoms with Crippen molar-refractivity contribution in [1.82, 2.24) is 4.31 Å². The number of anilines is 1. The summed E-state index contributed by atoms with van der Waals surface area (Å²) in [6, 6.07) is 3.31. The molecular weight excluding hydrogens is 271 g/mol. The summed E-state index contributed by atoms with van der Waals surface area (Å²) in [7, 11) is -3.73. The summed E-state index contributed by atoms with van der Waals surface area (Å²) in [5, 5.41) is 9.09. The minimum Gasteiger partial charge on any atom is -0.508 e. The molecule has 0 aliphatic carbocycles. The topological polar surface area (TPSA) is 69.6 Å². The van der Waals surface area contributed by atoms with Crippen molar-refractivity contribution in [3.63, 3.8) is 0 Å². The minimum atomic E-state index is -3.73. The summed E-state index contributed by atoms with van der Waals surface area (Å²) in [5.41, 5.74) is -0.156. The van der Waals surface area contributed by atoms with Crippen molar-refractivity contribution >= 4 is 15.9 Å². The lowest BCUT2D eigenvalue weighted by atomic mass is 10.0. The van der Waals surface area contributed by atoms with Crippen molar-refractivity contribution in [1.29, 1.82) is 0 Å². The number of phenolic OH excluding ortho intramolecular Hbond substituents is 1. The van der Waals surface area contributed by atoms with E-state index in [-0.39, 0.29) is 11.4 Å². The van der Waals surface area contributed by atoms with Crippen molar-refractivity contribution < 1.29 is 17.9 Å². The standard InChI is InChI=1S/C12H17FN2O3S/c1-9-4-6-15(7-5-9)19(17,18)14-12-3-2-10(16)8-11(12)13/h2-3,8-9,14,16H,4-7H2,1H3. The van der Waals surface area contributed by atoms with Gasteiger partial charge in [-0.05, 0) is 30.9 Å². The van der Waals surface area contributed by atoms with E-state index in [2.05, 4.69) is 11.6 Å². The molecule has 0 spiro atoms. The summed E-state index contributed by atoms with van der Waals surface area (Å²) >= 11 is 0. The van der Waals surface area contributed by atoms with E-state index >= 15 is 0 Å². The Kier molecular flexibility index (Phi) is 3.96. The predicted molar refractivity (Wildman–Crippen MR) is 70.6 cm³/mol. The average Bonchev–Trinajstić information content (AvgIpc) is 2.33. The first-order valence-electron chi connectivity index (χ1n) is 6.15. The second-order valence-corrected chi connectivity index (χ2v) is 6.52. The number of hydrogen-bond acceptors (Lipinski definition) is 3. The molecule has 106 valence electrons. The number of phenols is 1. The highest BCUT2D eigenvalue weighted by Crippen LogP contribution is 2.23. The van der Waals surface area contributed by atoms with Gasteiger partial charge in [0.05, 0.1) is 5.69 Å². The van der Waals surface area contributed by atoms with Gasteiger partial charge < -0.3 is 5.11 Å². The van der Waals surface area contributed by atoms with Gasteiger partial charge in [0.25, 0.3) is 0 Å². The molecule has 1 aliphatic heterocycles. The quantitative estimate of drug-likeness (QED) is 0.835. The van der Waals surface area contributed by atoms with E-state index in [1.807, 2.05) is 0 Å². The van der Waals surface area contributed by atoms with E-state index in [0.717, 1.165) is 18.9 Å². The molecule has 1 aromatic carbocycles. The van der Waals surface area contributed by atoms with Crippen LogP contribution in [0.25, 0.3) is 0 Å². The SMILES string of the molecule is CC1CCN(S(=O)(=O)Nc2ccc(O)cc2F)CC1. The molecule has 0 radical (unpaired) electrons. The monoisotopic (exact) mass is 288 g/mol. The molecule has 19 heavy (non-hydrogen) atoms. The molecule has 2 N–H and O–H groups in total. The molecule has 1 aromatic rings. The van der Waals surface area contributed by atoms with E-state index in [1.54, 1.807) is 0 Å². The fourth-order valence-electron chi connectivity index (χ4n) is 2.02. The third-order valence-corrected chi connectivity index (χ3v) is 4.80. The predicted octanol–water partition coefficient (Wildman–Crippen LogP) is 1.92. The molecule has 0 saturated carbocycles. The van der Waals surface area contributed by atoms with Gasteiger partial charge in [-0.15, -0.1) is 0 Å². The molecule has 2 rings (SSSR count). The smallest absolute Gasteiger partial charge is 0.301 e. The van der Waals surface area contributed by atoms with Gasteiger partial charge >= 0.3 is 10.2 Å². The van der Waals surface area contributed by atoms with E-state index in [1.165, 1.54) is 16.4 Å². The van der Waals surface area contributed by atoms with Crippen LogP contribution in [0.4, 0.5) is 10.1 Å². The van der Waals surface area contributed by atoms with Gasteiger partial charge in [-0.2, -0.15) is 12.7 Å². The van der Waals surface area contributed by atoms with Crippen LogP contribution in [0.2, 0.25) is 0 Å². The summed E-state index contributed by atoms with van der Waals surface area (Å²) in [6.45, 7) is 2.96. The van der Waals surface area contributed by atoms with Gasteiger partial charge in [0, 0.05) is 19.2 Å². The van der Waals surface area contributed by atoms with Crippen molar-refractivity contribution in [2.45, 2.75) is 19.8 Å². The van der Waals surface area contributed by atoms with Crippen molar-refractivity contribution in [3.8, 4) is 5.75 Å². The Morgan fingerprint density at radius 3 is 2.58 bits per heavy atom. The average molecular weight is 288 g/mol. The van der Waals surface area contributed by atoms with Crippen LogP contribution in [0.5, 0.6) is 5.75 Å². The highest BCUT2D eigenvalue weighted by molar-refractivity contribution is 7.90. The maximum absolute atomic E-state index is 13.5. The molecule has 0 unspecified atom stereocenters. The zero-order chi connectivity index (χ0) is 14.0. The summed E-state index contributed by atoms with van der Waals surface area (Å²) in [5.74, 6) is -0.530. The summed E-state index contributed by atoms with van der Waals surface area (Å²) in [4.78, 5) is 0. The summed E-state index contributed by atoms with van der Waals surface area (Å²) in [6.07, 6.45) is 1.61. The molecule has 0 bridgehead atoms. The van der Waals surface area contributed by atoms with Crippen LogP contribution >= 0.6 is 0 Å². The largest absolute Gasteiger partial charge is 0.508 e. The Morgan fingerprint density at radius 2 is 2.00 bits per heavy atom. The van der Waals surface area contributed by atoms with E-state index < -0.39 is 16.0 Å². The second kappa shape index (κ2) is 5.34. The number of rotatable bonds is 3. The molecule has 1 saturated heterocycles. The van der Waals surface area contributed by atoms with Gasteiger partial charge in [-0.25, -0.2) is 4.39 Å². The zero-order valence-electron chi connectivity index (χ0n) is 10.6. The fourth-order valence-corrected chi connectivity index (χ4v) is 3.28. The van der Waals surface area contributed by atoms with Crippen LogP contribution in [-0.4, -0.2) is 30.9 Å². The van der Waals surface area contributed by atoms with Gasteiger partial charge in [0.15, 0.2) is 5.82 Å². The fraction of sp³-hybridized carbons (Fsp3) is 0.500.